The number of rotatable bonds is 12. The minimum absolute atomic E-state index is 0.183. The minimum Gasteiger partial charge on any atom is -0.466 e. The highest BCUT2D eigenvalue weighted by Gasteiger charge is 2.24. The van der Waals surface area contributed by atoms with Crippen molar-refractivity contribution in [2.45, 2.75) is 111 Å². The van der Waals surface area contributed by atoms with Gasteiger partial charge in [0, 0.05) is 12.8 Å². The molecule has 0 bridgehead atoms. The Kier molecular flexibility index (Phi) is 12.0. The average Bonchev–Trinajstić information content (AvgIpc) is 2.74. The molecular formula is C27H48O4. The SMILES string of the molecule is CC1CCC(C(C)CCOC(=O)CCCC(=O)OCCC(C)C2CCC(C)CC2)CC1. The summed E-state index contributed by atoms with van der Waals surface area (Å²) in [6.45, 7) is 10.3. The minimum atomic E-state index is -0.183. The third kappa shape index (κ3) is 10.4. The Labute approximate surface area is 191 Å². The van der Waals surface area contributed by atoms with Crippen molar-refractivity contribution in [2.75, 3.05) is 13.2 Å². The van der Waals surface area contributed by atoms with Gasteiger partial charge in [-0.05, 0) is 80.5 Å². The number of ether oxygens (including phenoxy) is 2. The molecule has 4 heteroatoms. The van der Waals surface area contributed by atoms with E-state index in [1.807, 2.05) is 0 Å². The summed E-state index contributed by atoms with van der Waals surface area (Å²) in [7, 11) is 0. The third-order valence-corrected chi connectivity index (χ3v) is 8.16. The van der Waals surface area contributed by atoms with E-state index in [4.69, 9.17) is 9.47 Å². The molecular weight excluding hydrogens is 388 g/mol. The fourth-order valence-corrected chi connectivity index (χ4v) is 5.42. The van der Waals surface area contributed by atoms with Crippen LogP contribution in [-0.4, -0.2) is 25.2 Å². The summed E-state index contributed by atoms with van der Waals surface area (Å²) >= 11 is 0. The standard InChI is InChI=1S/C27H48O4/c1-20-8-12-24(13-9-20)22(3)16-18-30-26(28)6-5-7-27(29)31-19-17-23(4)25-14-10-21(2)11-15-25/h20-25H,5-19H2,1-4H3. The van der Waals surface area contributed by atoms with Crippen LogP contribution in [0.15, 0.2) is 0 Å². The van der Waals surface area contributed by atoms with Gasteiger partial charge in [0.25, 0.3) is 0 Å². The molecule has 2 unspecified atom stereocenters. The van der Waals surface area contributed by atoms with Gasteiger partial charge in [0.2, 0.25) is 0 Å². The molecule has 2 fully saturated rings. The van der Waals surface area contributed by atoms with E-state index in [-0.39, 0.29) is 11.9 Å². The number of hydrogen-bond acceptors (Lipinski definition) is 4. The van der Waals surface area contributed by atoms with Crippen LogP contribution in [0.25, 0.3) is 0 Å². The normalized spacial score (nSPS) is 28.5. The van der Waals surface area contributed by atoms with Crippen LogP contribution in [0, 0.1) is 35.5 Å². The van der Waals surface area contributed by atoms with Crippen molar-refractivity contribution in [3.05, 3.63) is 0 Å². The first-order chi connectivity index (χ1) is 14.8. The second-order valence-electron chi connectivity index (χ2n) is 10.9. The van der Waals surface area contributed by atoms with Crippen molar-refractivity contribution in [3.8, 4) is 0 Å². The van der Waals surface area contributed by atoms with Gasteiger partial charge >= 0.3 is 11.9 Å². The first-order valence-electron chi connectivity index (χ1n) is 13.2. The second-order valence-corrected chi connectivity index (χ2v) is 10.9. The number of esters is 2. The van der Waals surface area contributed by atoms with Crippen molar-refractivity contribution in [1.29, 1.82) is 0 Å². The maximum Gasteiger partial charge on any atom is 0.305 e. The quantitative estimate of drug-likeness (QED) is 0.311. The van der Waals surface area contributed by atoms with E-state index < -0.39 is 0 Å². The van der Waals surface area contributed by atoms with Crippen molar-refractivity contribution in [1.82, 2.24) is 0 Å². The molecule has 0 spiro atoms. The molecule has 2 aliphatic carbocycles. The van der Waals surface area contributed by atoms with Gasteiger partial charge in [-0.25, -0.2) is 0 Å². The summed E-state index contributed by atoms with van der Waals surface area (Å²) in [6, 6.07) is 0. The van der Waals surface area contributed by atoms with E-state index in [0.717, 1.165) is 36.5 Å². The summed E-state index contributed by atoms with van der Waals surface area (Å²) in [5.74, 6) is 4.19. The van der Waals surface area contributed by atoms with Crippen molar-refractivity contribution >= 4 is 11.9 Å². The topological polar surface area (TPSA) is 52.6 Å². The maximum absolute atomic E-state index is 12.0. The van der Waals surface area contributed by atoms with E-state index in [2.05, 4.69) is 27.7 Å². The molecule has 2 rings (SSSR count). The lowest BCUT2D eigenvalue weighted by Crippen LogP contribution is -2.21. The van der Waals surface area contributed by atoms with Gasteiger partial charge in [0.05, 0.1) is 13.2 Å². The first kappa shape index (κ1) is 26.2. The molecule has 0 aromatic carbocycles. The van der Waals surface area contributed by atoms with Crippen LogP contribution < -0.4 is 0 Å². The number of carbonyl (C=O) groups excluding carboxylic acids is 2. The summed E-state index contributed by atoms with van der Waals surface area (Å²) in [4.78, 5) is 23.9. The van der Waals surface area contributed by atoms with E-state index in [9.17, 15) is 9.59 Å². The molecule has 0 N–H and O–H groups in total. The fraction of sp³-hybridized carbons (Fsp3) is 0.926. The van der Waals surface area contributed by atoms with E-state index in [1.54, 1.807) is 0 Å². The highest BCUT2D eigenvalue weighted by atomic mass is 16.5. The average molecular weight is 437 g/mol. The Hall–Kier alpha value is -1.06. The van der Waals surface area contributed by atoms with Gasteiger partial charge in [-0.2, -0.15) is 0 Å². The molecule has 4 nitrogen and oxygen atoms in total. The Morgan fingerprint density at radius 1 is 0.677 bits per heavy atom. The zero-order valence-electron chi connectivity index (χ0n) is 20.7. The molecule has 2 aliphatic rings. The lowest BCUT2D eigenvalue weighted by Gasteiger charge is -2.30. The molecule has 180 valence electrons. The Bertz CT molecular complexity index is 469. The fourth-order valence-electron chi connectivity index (χ4n) is 5.42. The molecule has 0 saturated heterocycles. The summed E-state index contributed by atoms with van der Waals surface area (Å²) < 4.78 is 10.8. The van der Waals surface area contributed by atoms with Gasteiger partial charge < -0.3 is 9.47 Å². The molecule has 0 radical (unpaired) electrons. The van der Waals surface area contributed by atoms with Gasteiger partial charge in [-0.3, -0.25) is 9.59 Å². The highest BCUT2D eigenvalue weighted by molar-refractivity contribution is 5.72. The summed E-state index contributed by atoms with van der Waals surface area (Å²) in [5, 5.41) is 0. The summed E-state index contributed by atoms with van der Waals surface area (Å²) in [6.07, 6.45) is 13.6. The highest BCUT2D eigenvalue weighted by Crippen LogP contribution is 2.35. The van der Waals surface area contributed by atoms with Crippen LogP contribution in [0.4, 0.5) is 0 Å². The zero-order chi connectivity index (χ0) is 22.6. The van der Waals surface area contributed by atoms with E-state index in [0.29, 0.717) is 44.3 Å². The molecule has 0 aromatic rings. The first-order valence-corrected chi connectivity index (χ1v) is 13.2. The van der Waals surface area contributed by atoms with E-state index in [1.165, 1.54) is 51.4 Å². The van der Waals surface area contributed by atoms with Crippen molar-refractivity contribution < 1.29 is 19.1 Å². The predicted octanol–water partition coefficient (Wildman–Crippen LogP) is 6.95. The largest absolute Gasteiger partial charge is 0.466 e. The van der Waals surface area contributed by atoms with Crippen LogP contribution in [0.2, 0.25) is 0 Å². The lowest BCUT2D eigenvalue weighted by atomic mass is 9.76. The van der Waals surface area contributed by atoms with Crippen LogP contribution in [0.1, 0.15) is 111 Å². The van der Waals surface area contributed by atoms with E-state index >= 15 is 0 Å². The Morgan fingerprint density at radius 2 is 1.03 bits per heavy atom. The monoisotopic (exact) mass is 436 g/mol. The molecule has 0 aliphatic heterocycles. The van der Waals surface area contributed by atoms with Crippen LogP contribution in [0.5, 0.6) is 0 Å². The molecule has 31 heavy (non-hydrogen) atoms. The van der Waals surface area contributed by atoms with Gasteiger partial charge in [-0.1, -0.05) is 53.4 Å². The number of hydrogen-bond donors (Lipinski definition) is 0. The Morgan fingerprint density at radius 3 is 1.39 bits per heavy atom. The van der Waals surface area contributed by atoms with Gasteiger partial charge in [-0.15, -0.1) is 0 Å². The van der Waals surface area contributed by atoms with Crippen LogP contribution in [-0.2, 0) is 19.1 Å². The zero-order valence-corrected chi connectivity index (χ0v) is 20.7. The third-order valence-electron chi connectivity index (χ3n) is 8.16. The molecule has 2 saturated carbocycles. The molecule has 2 atom stereocenters. The summed E-state index contributed by atoms with van der Waals surface area (Å²) in [5.41, 5.74) is 0. The van der Waals surface area contributed by atoms with Crippen LogP contribution >= 0.6 is 0 Å². The number of carbonyl (C=O) groups is 2. The maximum atomic E-state index is 12.0. The molecule has 0 heterocycles. The predicted molar refractivity (Wildman–Crippen MR) is 126 cm³/mol. The van der Waals surface area contributed by atoms with Crippen LogP contribution in [0.3, 0.4) is 0 Å². The van der Waals surface area contributed by atoms with Crippen molar-refractivity contribution in [2.24, 2.45) is 35.5 Å². The second kappa shape index (κ2) is 14.2. The molecule has 0 amide bonds. The van der Waals surface area contributed by atoms with Gasteiger partial charge in [0.1, 0.15) is 0 Å². The molecule has 0 aromatic heterocycles. The smallest absolute Gasteiger partial charge is 0.305 e. The van der Waals surface area contributed by atoms with Crippen molar-refractivity contribution in [3.63, 3.8) is 0 Å². The van der Waals surface area contributed by atoms with Gasteiger partial charge in [0.15, 0.2) is 0 Å². The lowest BCUT2D eigenvalue weighted by molar-refractivity contribution is -0.146. The Balaban J connectivity index is 1.45.